The lowest BCUT2D eigenvalue weighted by atomic mass is 10.1. The summed E-state index contributed by atoms with van der Waals surface area (Å²) in [5.41, 5.74) is 5.00. The van der Waals surface area contributed by atoms with E-state index in [0.717, 1.165) is 27.8 Å². The summed E-state index contributed by atoms with van der Waals surface area (Å²) in [5, 5.41) is 0. The predicted octanol–water partition coefficient (Wildman–Crippen LogP) is 6.17. The second kappa shape index (κ2) is 7.02. The summed E-state index contributed by atoms with van der Waals surface area (Å²) < 4.78 is 5.85. The lowest BCUT2D eigenvalue weighted by Crippen LogP contribution is -1.77. The summed E-state index contributed by atoms with van der Waals surface area (Å²) in [6, 6.07) is 26.3. The summed E-state index contributed by atoms with van der Waals surface area (Å²) in [5.74, 6) is 0.611. The Labute approximate surface area is 146 Å². The van der Waals surface area contributed by atoms with Crippen molar-refractivity contribution < 1.29 is 4.42 Å². The van der Waals surface area contributed by atoms with Crippen molar-refractivity contribution in [2.75, 3.05) is 0 Å². The van der Waals surface area contributed by atoms with E-state index in [-0.39, 0.29) is 0 Å². The first-order valence-corrected chi connectivity index (χ1v) is 8.24. The first-order chi connectivity index (χ1) is 12.4. The fourth-order valence-corrected chi connectivity index (χ4v) is 2.67. The quantitative estimate of drug-likeness (QED) is 0.420. The fourth-order valence-electron chi connectivity index (χ4n) is 2.67. The highest BCUT2D eigenvalue weighted by Crippen LogP contribution is 2.22. The van der Waals surface area contributed by atoms with Crippen LogP contribution in [-0.4, -0.2) is 4.98 Å². The number of hydrogen-bond acceptors (Lipinski definition) is 2. The first-order valence-electron chi connectivity index (χ1n) is 8.24. The molecule has 0 spiro atoms. The highest BCUT2D eigenvalue weighted by atomic mass is 16.3. The first kappa shape index (κ1) is 15.2. The Hall–Kier alpha value is -3.39. The summed E-state index contributed by atoms with van der Waals surface area (Å²) in [6.45, 7) is 0. The summed E-state index contributed by atoms with van der Waals surface area (Å²) >= 11 is 0. The van der Waals surface area contributed by atoms with Crippen molar-refractivity contribution in [2.24, 2.45) is 0 Å². The van der Waals surface area contributed by atoms with Gasteiger partial charge in [-0.05, 0) is 23.3 Å². The van der Waals surface area contributed by atoms with E-state index in [0.29, 0.717) is 5.89 Å². The average molecular weight is 323 g/mol. The molecule has 0 aliphatic carbocycles. The lowest BCUT2D eigenvalue weighted by Gasteiger charge is -1.94. The second-order valence-electron chi connectivity index (χ2n) is 5.73. The van der Waals surface area contributed by atoms with Gasteiger partial charge in [-0.25, -0.2) is 4.98 Å². The molecule has 4 aromatic rings. The third kappa shape index (κ3) is 3.59. The van der Waals surface area contributed by atoms with Crippen LogP contribution < -0.4 is 0 Å². The van der Waals surface area contributed by atoms with Gasteiger partial charge in [-0.15, -0.1) is 0 Å². The Kier molecular flexibility index (Phi) is 4.25. The van der Waals surface area contributed by atoms with Gasteiger partial charge in [-0.1, -0.05) is 84.9 Å². The van der Waals surface area contributed by atoms with Crippen molar-refractivity contribution in [3.63, 3.8) is 0 Å². The van der Waals surface area contributed by atoms with Gasteiger partial charge in [0.05, 0.1) is 0 Å². The Morgan fingerprint density at radius 1 is 0.600 bits per heavy atom. The minimum absolute atomic E-state index is 0.611. The molecule has 0 amide bonds. The average Bonchev–Trinajstić information content (AvgIpc) is 3.10. The molecule has 0 N–H and O–H groups in total. The number of rotatable bonds is 4. The van der Waals surface area contributed by atoms with E-state index in [4.69, 9.17) is 4.42 Å². The van der Waals surface area contributed by atoms with E-state index in [9.17, 15) is 0 Å². The number of para-hydroxylation sites is 1. The maximum Gasteiger partial charge on any atom is 0.220 e. The standard InChI is InChI=1S/C23H17NO/c1-3-8-18(9-4-1)14-16-20-12-7-13-21-23(20)24-22(25-21)17-15-19-10-5-2-6-11-19/h1-17H. The van der Waals surface area contributed by atoms with Crippen LogP contribution in [-0.2, 0) is 0 Å². The zero-order valence-corrected chi connectivity index (χ0v) is 13.7. The van der Waals surface area contributed by atoms with Gasteiger partial charge in [0.1, 0.15) is 5.52 Å². The van der Waals surface area contributed by atoms with E-state index >= 15 is 0 Å². The topological polar surface area (TPSA) is 26.0 Å². The molecule has 25 heavy (non-hydrogen) atoms. The molecule has 120 valence electrons. The van der Waals surface area contributed by atoms with Gasteiger partial charge in [0.25, 0.3) is 0 Å². The normalized spacial score (nSPS) is 11.7. The molecule has 0 radical (unpaired) electrons. The summed E-state index contributed by atoms with van der Waals surface area (Å²) in [7, 11) is 0. The predicted molar refractivity (Wildman–Crippen MR) is 105 cm³/mol. The zero-order chi connectivity index (χ0) is 16.9. The molecule has 2 heteroatoms. The number of aromatic nitrogens is 1. The molecular weight excluding hydrogens is 306 g/mol. The Bertz CT molecular complexity index is 1030. The molecule has 3 aromatic carbocycles. The van der Waals surface area contributed by atoms with Crippen molar-refractivity contribution in [3.8, 4) is 0 Å². The van der Waals surface area contributed by atoms with Gasteiger partial charge in [0.15, 0.2) is 5.58 Å². The van der Waals surface area contributed by atoms with Gasteiger partial charge >= 0.3 is 0 Å². The molecular formula is C23H17NO. The highest BCUT2D eigenvalue weighted by molar-refractivity contribution is 5.88. The zero-order valence-electron chi connectivity index (χ0n) is 13.7. The number of nitrogens with zero attached hydrogens (tertiary/aromatic N) is 1. The molecule has 0 bridgehead atoms. The molecule has 0 saturated carbocycles. The van der Waals surface area contributed by atoms with Crippen LogP contribution >= 0.6 is 0 Å². The van der Waals surface area contributed by atoms with Crippen molar-refractivity contribution in [2.45, 2.75) is 0 Å². The minimum Gasteiger partial charge on any atom is -0.437 e. The maximum absolute atomic E-state index is 5.85. The highest BCUT2D eigenvalue weighted by Gasteiger charge is 2.06. The Morgan fingerprint density at radius 3 is 1.92 bits per heavy atom. The molecule has 0 saturated heterocycles. The third-order valence-electron chi connectivity index (χ3n) is 3.94. The van der Waals surface area contributed by atoms with Crippen LogP contribution in [0.5, 0.6) is 0 Å². The number of oxazole rings is 1. The molecule has 0 unspecified atom stereocenters. The molecule has 1 aromatic heterocycles. The third-order valence-corrected chi connectivity index (χ3v) is 3.94. The maximum atomic E-state index is 5.85. The van der Waals surface area contributed by atoms with Crippen LogP contribution in [0, 0.1) is 0 Å². The molecule has 0 atom stereocenters. The van der Waals surface area contributed by atoms with E-state index in [1.165, 1.54) is 0 Å². The SMILES string of the molecule is C(=Cc1nc2c(C=Cc3ccccc3)cccc2o1)c1ccccc1. The molecule has 0 aliphatic heterocycles. The summed E-state index contributed by atoms with van der Waals surface area (Å²) in [4.78, 5) is 4.64. The largest absolute Gasteiger partial charge is 0.437 e. The Balaban J connectivity index is 1.65. The fraction of sp³-hybridized carbons (Fsp3) is 0. The van der Waals surface area contributed by atoms with Gasteiger partial charge in [0.2, 0.25) is 5.89 Å². The van der Waals surface area contributed by atoms with Crippen LogP contribution in [0.3, 0.4) is 0 Å². The molecule has 0 aliphatic rings. The lowest BCUT2D eigenvalue weighted by molar-refractivity contribution is 0.589. The van der Waals surface area contributed by atoms with E-state index in [2.05, 4.69) is 35.3 Å². The van der Waals surface area contributed by atoms with Crippen molar-refractivity contribution in [1.82, 2.24) is 4.98 Å². The molecule has 0 fully saturated rings. The second-order valence-corrected chi connectivity index (χ2v) is 5.73. The van der Waals surface area contributed by atoms with Gasteiger partial charge in [0, 0.05) is 11.6 Å². The smallest absolute Gasteiger partial charge is 0.220 e. The Morgan fingerprint density at radius 2 is 1.24 bits per heavy atom. The van der Waals surface area contributed by atoms with Crippen LogP contribution in [0.2, 0.25) is 0 Å². The molecule has 4 rings (SSSR count). The van der Waals surface area contributed by atoms with E-state index < -0.39 is 0 Å². The van der Waals surface area contributed by atoms with Crippen LogP contribution in [0.15, 0.2) is 83.3 Å². The van der Waals surface area contributed by atoms with Crippen molar-refractivity contribution in [3.05, 3.63) is 101 Å². The van der Waals surface area contributed by atoms with Crippen LogP contribution in [0.4, 0.5) is 0 Å². The van der Waals surface area contributed by atoms with Crippen molar-refractivity contribution >= 4 is 35.4 Å². The number of fused-ring (bicyclic) bond motifs is 1. The van der Waals surface area contributed by atoms with Crippen LogP contribution in [0.1, 0.15) is 22.6 Å². The van der Waals surface area contributed by atoms with Gasteiger partial charge in [-0.2, -0.15) is 0 Å². The molecule has 2 nitrogen and oxygen atoms in total. The van der Waals surface area contributed by atoms with E-state index in [1.807, 2.05) is 72.8 Å². The number of benzene rings is 3. The monoisotopic (exact) mass is 323 g/mol. The number of hydrogen-bond donors (Lipinski definition) is 0. The summed E-state index contributed by atoms with van der Waals surface area (Å²) in [6.07, 6.45) is 8.07. The van der Waals surface area contributed by atoms with Crippen LogP contribution in [0.25, 0.3) is 35.4 Å². The van der Waals surface area contributed by atoms with Gasteiger partial charge < -0.3 is 4.42 Å². The van der Waals surface area contributed by atoms with E-state index in [1.54, 1.807) is 0 Å². The van der Waals surface area contributed by atoms with Crippen molar-refractivity contribution in [1.29, 1.82) is 0 Å². The minimum atomic E-state index is 0.611. The molecule has 1 heterocycles. The van der Waals surface area contributed by atoms with Gasteiger partial charge in [-0.3, -0.25) is 0 Å².